The molecule has 0 spiro atoms. The van der Waals surface area contributed by atoms with Crippen molar-refractivity contribution in [2.24, 2.45) is 11.8 Å². The van der Waals surface area contributed by atoms with Crippen LogP contribution in [0.1, 0.15) is 25.7 Å². The zero-order valence-corrected chi connectivity index (χ0v) is 18.0. The van der Waals surface area contributed by atoms with E-state index >= 15 is 0 Å². The molecule has 1 aromatic carbocycles. The average Bonchev–Trinajstić information content (AvgIpc) is 2.83. The van der Waals surface area contributed by atoms with E-state index in [0.717, 1.165) is 38.8 Å². The highest BCUT2D eigenvalue weighted by atomic mass is 19.1. The molecule has 1 aromatic heterocycles. The summed E-state index contributed by atoms with van der Waals surface area (Å²) in [4.78, 5) is 38.0. The second-order valence-electron chi connectivity index (χ2n) is 8.47. The fourth-order valence-corrected chi connectivity index (χ4v) is 4.48. The number of nitrogens with zero attached hydrogens (tertiary/aromatic N) is 4. The van der Waals surface area contributed by atoms with Gasteiger partial charge in [-0.3, -0.25) is 4.79 Å². The smallest absolute Gasteiger partial charge is 0.319 e. The molecule has 0 aliphatic carbocycles. The Balaban J connectivity index is 1.26. The van der Waals surface area contributed by atoms with Crippen LogP contribution in [0.25, 0.3) is 0 Å². The molecule has 0 radical (unpaired) electrons. The summed E-state index contributed by atoms with van der Waals surface area (Å²) in [5, 5.41) is 5.49. The van der Waals surface area contributed by atoms with Gasteiger partial charge in [0.15, 0.2) is 0 Å². The van der Waals surface area contributed by atoms with Crippen molar-refractivity contribution in [2.45, 2.75) is 25.7 Å². The number of benzene rings is 1. The number of hydrogen-bond donors (Lipinski definition) is 2. The van der Waals surface area contributed by atoms with Crippen LogP contribution >= 0.6 is 0 Å². The van der Waals surface area contributed by atoms with E-state index < -0.39 is 5.82 Å². The van der Waals surface area contributed by atoms with Crippen molar-refractivity contribution in [1.29, 1.82) is 0 Å². The molecule has 0 saturated carbocycles. The standard InChI is InChI=1S/C23H29FN6O2/c24-19-7-1-8-20(13-19)28-23(32)27-14-17-5-2-11-29(15-17)21(31)18-6-3-12-30(16-18)22-25-9-4-10-26-22/h1,4,7-10,13,17-18H,2-3,5-6,11-12,14-16H2,(H2,27,28,32). The first kappa shape index (κ1) is 22.0. The topological polar surface area (TPSA) is 90.5 Å². The van der Waals surface area contributed by atoms with Gasteiger partial charge in [-0.2, -0.15) is 0 Å². The molecule has 32 heavy (non-hydrogen) atoms. The van der Waals surface area contributed by atoms with Crippen molar-refractivity contribution in [3.63, 3.8) is 0 Å². The highest BCUT2D eigenvalue weighted by molar-refractivity contribution is 5.89. The van der Waals surface area contributed by atoms with Gasteiger partial charge >= 0.3 is 6.03 Å². The fourth-order valence-electron chi connectivity index (χ4n) is 4.48. The molecule has 4 rings (SSSR count). The third-order valence-corrected chi connectivity index (χ3v) is 6.07. The molecule has 2 N–H and O–H groups in total. The SMILES string of the molecule is O=C(NCC1CCCN(C(=O)C2CCCN(c3ncccn3)C2)C1)Nc1cccc(F)c1. The lowest BCUT2D eigenvalue weighted by molar-refractivity contribution is -0.137. The van der Waals surface area contributed by atoms with Crippen molar-refractivity contribution >= 4 is 23.6 Å². The summed E-state index contributed by atoms with van der Waals surface area (Å²) < 4.78 is 13.3. The minimum absolute atomic E-state index is 0.0597. The monoisotopic (exact) mass is 440 g/mol. The number of aromatic nitrogens is 2. The second kappa shape index (κ2) is 10.4. The van der Waals surface area contributed by atoms with Crippen LogP contribution in [-0.2, 0) is 4.79 Å². The van der Waals surface area contributed by atoms with Crippen molar-refractivity contribution in [3.05, 3.63) is 48.5 Å². The summed E-state index contributed by atoms with van der Waals surface area (Å²) >= 11 is 0. The van der Waals surface area contributed by atoms with E-state index in [4.69, 9.17) is 0 Å². The summed E-state index contributed by atoms with van der Waals surface area (Å²) in [5.41, 5.74) is 0.409. The number of carbonyl (C=O) groups excluding carboxylic acids is 2. The summed E-state index contributed by atoms with van der Waals surface area (Å²) in [6, 6.07) is 7.20. The predicted octanol–water partition coefficient (Wildman–Crippen LogP) is 2.89. The lowest BCUT2D eigenvalue weighted by Gasteiger charge is -2.38. The number of anilines is 2. The number of amides is 3. The Kier molecular flexibility index (Phi) is 7.14. The molecule has 2 aliphatic rings. The molecule has 2 fully saturated rings. The van der Waals surface area contributed by atoms with Crippen LogP contribution in [0.3, 0.4) is 0 Å². The van der Waals surface area contributed by atoms with Crippen LogP contribution in [0.15, 0.2) is 42.7 Å². The lowest BCUT2D eigenvalue weighted by atomic mass is 9.93. The number of urea groups is 1. The third-order valence-electron chi connectivity index (χ3n) is 6.07. The fraction of sp³-hybridized carbons (Fsp3) is 0.478. The molecule has 170 valence electrons. The first-order chi connectivity index (χ1) is 15.6. The maximum absolute atomic E-state index is 13.3. The number of carbonyl (C=O) groups is 2. The number of likely N-dealkylation sites (tertiary alicyclic amines) is 1. The van der Waals surface area contributed by atoms with Gasteiger partial charge in [0.1, 0.15) is 5.82 Å². The average molecular weight is 441 g/mol. The Morgan fingerprint density at radius 3 is 2.69 bits per heavy atom. The first-order valence-electron chi connectivity index (χ1n) is 11.2. The molecule has 2 unspecified atom stereocenters. The van der Waals surface area contributed by atoms with Crippen LogP contribution in [-0.4, -0.2) is 59.5 Å². The summed E-state index contributed by atoms with van der Waals surface area (Å²) in [6.07, 6.45) is 7.13. The van der Waals surface area contributed by atoms with Gasteiger partial charge in [-0.05, 0) is 55.9 Å². The molecular formula is C23H29FN6O2. The number of halogens is 1. The molecular weight excluding hydrogens is 411 g/mol. The van der Waals surface area contributed by atoms with Crippen LogP contribution < -0.4 is 15.5 Å². The van der Waals surface area contributed by atoms with E-state index in [2.05, 4.69) is 25.5 Å². The van der Waals surface area contributed by atoms with E-state index in [1.54, 1.807) is 30.6 Å². The maximum Gasteiger partial charge on any atom is 0.319 e. The summed E-state index contributed by atoms with van der Waals surface area (Å²) in [6.45, 7) is 3.36. The molecule has 3 amide bonds. The number of piperidine rings is 2. The Morgan fingerprint density at radius 1 is 1.06 bits per heavy atom. The van der Waals surface area contributed by atoms with Crippen molar-refractivity contribution in [2.75, 3.05) is 42.9 Å². The minimum atomic E-state index is -0.399. The van der Waals surface area contributed by atoms with Gasteiger partial charge in [0.05, 0.1) is 5.92 Å². The highest BCUT2D eigenvalue weighted by Crippen LogP contribution is 2.24. The minimum Gasteiger partial charge on any atom is -0.342 e. The van der Waals surface area contributed by atoms with Crippen LogP contribution in [0, 0.1) is 17.7 Å². The molecule has 0 bridgehead atoms. The van der Waals surface area contributed by atoms with Gasteiger partial charge in [0.2, 0.25) is 11.9 Å². The Labute approximate surface area is 187 Å². The molecule has 9 heteroatoms. The molecule has 2 saturated heterocycles. The molecule has 3 heterocycles. The van der Waals surface area contributed by atoms with E-state index in [-0.39, 0.29) is 23.8 Å². The van der Waals surface area contributed by atoms with Crippen molar-refractivity contribution in [1.82, 2.24) is 20.2 Å². The Hall–Kier alpha value is -3.23. The molecule has 2 atom stereocenters. The third kappa shape index (κ3) is 5.72. The number of hydrogen-bond acceptors (Lipinski definition) is 5. The molecule has 2 aliphatic heterocycles. The van der Waals surface area contributed by atoms with E-state index in [1.807, 2.05) is 4.90 Å². The first-order valence-corrected chi connectivity index (χ1v) is 11.2. The van der Waals surface area contributed by atoms with Crippen molar-refractivity contribution < 1.29 is 14.0 Å². The van der Waals surface area contributed by atoms with E-state index in [0.29, 0.717) is 31.3 Å². The van der Waals surface area contributed by atoms with Gasteiger partial charge in [-0.25, -0.2) is 19.2 Å². The van der Waals surface area contributed by atoms with Gasteiger partial charge < -0.3 is 20.4 Å². The van der Waals surface area contributed by atoms with Gasteiger partial charge in [0, 0.05) is 50.8 Å². The van der Waals surface area contributed by atoms with Crippen LogP contribution in [0.5, 0.6) is 0 Å². The molecule has 8 nitrogen and oxygen atoms in total. The van der Waals surface area contributed by atoms with Crippen LogP contribution in [0.4, 0.5) is 20.8 Å². The summed E-state index contributed by atoms with van der Waals surface area (Å²) in [5.74, 6) is 0.595. The quantitative estimate of drug-likeness (QED) is 0.746. The lowest BCUT2D eigenvalue weighted by Crippen LogP contribution is -2.49. The largest absolute Gasteiger partial charge is 0.342 e. The Morgan fingerprint density at radius 2 is 1.88 bits per heavy atom. The number of nitrogens with one attached hydrogen (secondary N) is 2. The zero-order chi connectivity index (χ0) is 22.3. The normalized spacial score (nSPS) is 21.2. The Bertz CT molecular complexity index is 928. The van der Waals surface area contributed by atoms with E-state index in [1.165, 1.54) is 12.1 Å². The molecule has 2 aromatic rings. The van der Waals surface area contributed by atoms with Crippen LogP contribution in [0.2, 0.25) is 0 Å². The maximum atomic E-state index is 13.3. The van der Waals surface area contributed by atoms with Crippen molar-refractivity contribution in [3.8, 4) is 0 Å². The summed E-state index contributed by atoms with van der Waals surface area (Å²) in [7, 11) is 0. The van der Waals surface area contributed by atoms with E-state index in [9.17, 15) is 14.0 Å². The highest BCUT2D eigenvalue weighted by Gasteiger charge is 2.32. The number of rotatable bonds is 5. The predicted molar refractivity (Wildman–Crippen MR) is 120 cm³/mol. The zero-order valence-electron chi connectivity index (χ0n) is 18.0. The van der Waals surface area contributed by atoms with Gasteiger partial charge in [-0.1, -0.05) is 6.07 Å². The second-order valence-corrected chi connectivity index (χ2v) is 8.47. The van der Waals surface area contributed by atoms with Gasteiger partial charge in [-0.15, -0.1) is 0 Å². The van der Waals surface area contributed by atoms with Gasteiger partial charge in [0.25, 0.3) is 0 Å².